The van der Waals surface area contributed by atoms with E-state index in [1.807, 2.05) is 16.4 Å². The third kappa shape index (κ3) is 4.24. The molecule has 0 aromatic carbocycles. The van der Waals surface area contributed by atoms with Gasteiger partial charge >= 0.3 is 6.03 Å². The Kier molecular flexibility index (Phi) is 6.03. The Bertz CT molecular complexity index is 530. The van der Waals surface area contributed by atoms with Crippen molar-refractivity contribution in [3.63, 3.8) is 0 Å². The monoisotopic (exact) mass is 337 g/mol. The quantitative estimate of drug-likeness (QED) is 0.868. The molecule has 0 radical (unpaired) electrons. The maximum absolute atomic E-state index is 12.6. The molecule has 24 heavy (non-hydrogen) atoms. The predicted molar refractivity (Wildman–Crippen MR) is 87.4 cm³/mol. The highest BCUT2D eigenvalue weighted by molar-refractivity contribution is 5.74. The van der Waals surface area contributed by atoms with Crippen molar-refractivity contribution in [1.82, 2.24) is 25.0 Å². The van der Waals surface area contributed by atoms with Gasteiger partial charge in [0.25, 0.3) is 0 Å². The Labute approximate surface area is 142 Å². The molecule has 0 aliphatic carbocycles. The highest BCUT2D eigenvalue weighted by Crippen LogP contribution is 2.24. The molecule has 2 fully saturated rings. The van der Waals surface area contributed by atoms with E-state index in [1.54, 1.807) is 6.33 Å². The number of rotatable bonds is 5. The van der Waals surface area contributed by atoms with Crippen molar-refractivity contribution < 1.29 is 14.3 Å². The number of nitrogens with zero attached hydrogens (tertiary/aromatic N) is 4. The number of urea groups is 1. The van der Waals surface area contributed by atoms with Gasteiger partial charge in [-0.3, -0.25) is 0 Å². The second-order valence-electron chi connectivity index (χ2n) is 6.41. The number of ether oxygens (including phenoxy) is 2. The number of carbonyl (C=O) groups excluding carboxylic acids is 1. The summed E-state index contributed by atoms with van der Waals surface area (Å²) in [6.07, 6.45) is 4.82. The predicted octanol–water partition coefficient (Wildman–Crippen LogP) is 1.03. The number of aromatic nitrogens is 3. The Morgan fingerprint density at radius 2 is 2.17 bits per heavy atom. The van der Waals surface area contributed by atoms with E-state index in [9.17, 15) is 4.79 Å². The molecule has 1 aromatic rings. The normalized spacial score (nSPS) is 22.5. The maximum atomic E-state index is 12.6. The topological polar surface area (TPSA) is 81.5 Å². The first-order valence-electron chi connectivity index (χ1n) is 8.84. The summed E-state index contributed by atoms with van der Waals surface area (Å²) in [7, 11) is 0. The van der Waals surface area contributed by atoms with Gasteiger partial charge in [0.2, 0.25) is 0 Å². The number of nitrogens with one attached hydrogen (secondary N) is 1. The maximum Gasteiger partial charge on any atom is 0.318 e. The molecule has 2 aliphatic heterocycles. The first-order valence-corrected chi connectivity index (χ1v) is 8.84. The number of hydrogen-bond acceptors (Lipinski definition) is 5. The van der Waals surface area contributed by atoms with Gasteiger partial charge in [-0.25, -0.2) is 4.79 Å². The molecular weight excluding hydrogens is 310 g/mol. The van der Waals surface area contributed by atoms with Gasteiger partial charge in [-0.15, -0.1) is 10.2 Å². The molecule has 2 amide bonds. The fraction of sp³-hybridized carbons (Fsp3) is 0.812. The molecule has 3 heterocycles. The van der Waals surface area contributed by atoms with Crippen LogP contribution in [0.1, 0.15) is 32.0 Å². The molecule has 8 nitrogen and oxygen atoms in total. The molecule has 0 saturated carbocycles. The van der Waals surface area contributed by atoms with Crippen molar-refractivity contribution in [3.8, 4) is 0 Å². The number of hydrogen-bond donors (Lipinski definition) is 1. The van der Waals surface area contributed by atoms with Crippen LogP contribution in [0.25, 0.3) is 0 Å². The molecule has 8 heteroatoms. The minimum absolute atomic E-state index is 0.0407. The largest absolute Gasteiger partial charge is 0.381 e. The second-order valence-corrected chi connectivity index (χ2v) is 6.41. The van der Waals surface area contributed by atoms with E-state index in [2.05, 4.69) is 15.5 Å². The van der Waals surface area contributed by atoms with E-state index in [0.717, 1.165) is 44.8 Å². The molecule has 134 valence electrons. The molecule has 1 atom stereocenters. The van der Waals surface area contributed by atoms with E-state index in [-0.39, 0.29) is 12.1 Å². The van der Waals surface area contributed by atoms with Gasteiger partial charge in [0.15, 0.2) is 5.82 Å². The lowest BCUT2D eigenvalue weighted by Gasteiger charge is -2.38. The molecule has 3 rings (SSSR count). The van der Waals surface area contributed by atoms with Gasteiger partial charge in [0, 0.05) is 26.3 Å². The minimum Gasteiger partial charge on any atom is -0.381 e. The summed E-state index contributed by atoms with van der Waals surface area (Å²) in [5.74, 6) is 1.39. The zero-order chi connectivity index (χ0) is 16.8. The zero-order valence-corrected chi connectivity index (χ0v) is 14.3. The Morgan fingerprint density at radius 1 is 1.33 bits per heavy atom. The summed E-state index contributed by atoms with van der Waals surface area (Å²) in [6.45, 7) is 6.74. The summed E-state index contributed by atoms with van der Waals surface area (Å²) < 4.78 is 13.0. The Hall–Kier alpha value is -1.67. The fourth-order valence-electron chi connectivity index (χ4n) is 3.42. The van der Waals surface area contributed by atoms with Gasteiger partial charge in [-0.1, -0.05) is 0 Å². The van der Waals surface area contributed by atoms with Crippen molar-refractivity contribution in [1.29, 1.82) is 0 Å². The highest BCUT2D eigenvalue weighted by atomic mass is 16.5. The summed E-state index contributed by atoms with van der Waals surface area (Å²) >= 11 is 0. The Balaban J connectivity index is 1.54. The van der Waals surface area contributed by atoms with Crippen molar-refractivity contribution >= 4 is 6.03 Å². The van der Waals surface area contributed by atoms with Crippen molar-refractivity contribution in [2.75, 3.05) is 33.0 Å². The van der Waals surface area contributed by atoms with Crippen LogP contribution in [-0.2, 0) is 22.6 Å². The van der Waals surface area contributed by atoms with Gasteiger partial charge in [-0.2, -0.15) is 0 Å². The molecule has 2 aliphatic rings. The lowest BCUT2D eigenvalue weighted by Crippen LogP contribution is -2.53. The summed E-state index contributed by atoms with van der Waals surface area (Å²) in [6, 6.07) is 0.104. The van der Waals surface area contributed by atoms with E-state index in [1.165, 1.54) is 0 Å². The van der Waals surface area contributed by atoms with Crippen LogP contribution in [0.5, 0.6) is 0 Å². The molecule has 0 spiro atoms. The van der Waals surface area contributed by atoms with Crippen LogP contribution in [-0.4, -0.2) is 64.7 Å². The van der Waals surface area contributed by atoms with Crippen LogP contribution in [0, 0.1) is 5.92 Å². The first kappa shape index (κ1) is 17.2. The van der Waals surface area contributed by atoms with E-state index in [4.69, 9.17) is 9.47 Å². The van der Waals surface area contributed by atoms with Gasteiger partial charge in [-0.05, 0) is 32.1 Å². The molecule has 1 N–H and O–H groups in total. The fourth-order valence-corrected chi connectivity index (χ4v) is 3.42. The smallest absolute Gasteiger partial charge is 0.318 e. The van der Waals surface area contributed by atoms with E-state index >= 15 is 0 Å². The standard InChI is InChI=1S/C16H27N5O3/c1-2-20-12-18-19-15(20)10-17-16(22)21-5-8-24-11-14(21)9-13-3-6-23-7-4-13/h12-14H,2-11H2,1H3,(H,17,22). The molecule has 0 bridgehead atoms. The van der Waals surface area contributed by atoms with Gasteiger partial charge in [0.1, 0.15) is 6.33 Å². The second kappa shape index (κ2) is 8.43. The van der Waals surface area contributed by atoms with Crippen molar-refractivity contribution in [3.05, 3.63) is 12.2 Å². The lowest BCUT2D eigenvalue weighted by molar-refractivity contribution is -0.00753. The van der Waals surface area contributed by atoms with Crippen LogP contribution in [0.4, 0.5) is 4.79 Å². The molecular formula is C16H27N5O3. The average Bonchev–Trinajstić information content (AvgIpc) is 3.08. The van der Waals surface area contributed by atoms with Gasteiger partial charge < -0.3 is 24.3 Å². The number of morpholine rings is 1. The molecule has 1 aromatic heterocycles. The third-order valence-electron chi connectivity index (χ3n) is 4.87. The summed E-state index contributed by atoms with van der Waals surface area (Å²) in [5, 5.41) is 10.9. The van der Waals surface area contributed by atoms with E-state index < -0.39 is 0 Å². The summed E-state index contributed by atoms with van der Waals surface area (Å²) in [4.78, 5) is 14.5. The van der Waals surface area contributed by atoms with Crippen molar-refractivity contribution in [2.24, 2.45) is 5.92 Å². The van der Waals surface area contributed by atoms with E-state index in [0.29, 0.717) is 32.2 Å². The average molecular weight is 337 g/mol. The van der Waals surface area contributed by atoms with Crippen molar-refractivity contribution in [2.45, 2.75) is 45.3 Å². The minimum atomic E-state index is -0.0407. The Morgan fingerprint density at radius 3 is 2.96 bits per heavy atom. The van der Waals surface area contributed by atoms with Crippen LogP contribution in [0.2, 0.25) is 0 Å². The molecule has 2 saturated heterocycles. The van der Waals surface area contributed by atoms with Gasteiger partial charge in [0.05, 0.1) is 25.8 Å². The van der Waals surface area contributed by atoms with Crippen LogP contribution in [0.3, 0.4) is 0 Å². The van der Waals surface area contributed by atoms with Crippen LogP contribution < -0.4 is 5.32 Å². The van der Waals surface area contributed by atoms with Crippen LogP contribution in [0.15, 0.2) is 6.33 Å². The third-order valence-corrected chi connectivity index (χ3v) is 4.87. The van der Waals surface area contributed by atoms with Crippen LogP contribution >= 0.6 is 0 Å². The number of amides is 2. The number of carbonyl (C=O) groups is 1. The zero-order valence-electron chi connectivity index (χ0n) is 14.3. The SMILES string of the molecule is CCn1cnnc1CNC(=O)N1CCOCC1CC1CCOCC1. The first-order chi connectivity index (χ1) is 11.8. The summed E-state index contributed by atoms with van der Waals surface area (Å²) in [5.41, 5.74) is 0. The number of aryl methyl sites for hydroxylation is 1. The molecule has 1 unspecified atom stereocenters. The lowest BCUT2D eigenvalue weighted by atomic mass is 9.92. The highest BCUT2D eigenvalue weighted by Gasteiger charge is 2.30.